The van der Waals surface area contributed by atoms with Crippen molar-refractivity contribution in [3.05, 3.63) is 68.5 Å². The molecule has 0 aliphatic carbocycles. The summed E-state index contributed by atoms with van der Waals surface area (Å²) >= 11 is 5.95. The van der Waals surface area contributed by atoms with E-state index in [0.29, 0.717) is 11.3 Å². The zero-order chi connectivity index (χ0) is 20.4. The molecule has 2 aromatic rings. The number of carboxylic acid groups (broad SMARTS) is 1. The van der Waals surface area contributed by atoms with Gasteiger partial charge in [0.1, 0.15) is 12.4 Å². The molecular formula is C17H19ClFN3O5. The smallest absolute Gasteiger partial charge is 0.307 e. The number of anilines is 2. The average molecular weight is 400 g/mol. The Bertz CT molecular complexity index is 784. The molecule has 27 heavy (non-hydrogen) atoms. The van der Waals surface area contributed by atoms with Gasteiger partial charge < -0.3 is 21.0 Å². The van der Waals surface area contributed by atoms with E-state index in [-0.39, 0.29) is 30.3 Å². The Hall–Kier alpha value is -2.91. The number of benzene rings is 2. The predicted molar refractivity (Wildman–Crippen MR) is 99.2 cm³/mol. The summed E-state index contributed by atoms with van der Waals surface area (Å²) in [7, 11) is 0. The van der Waals surface area contributed by atoms with Gasteiger partial charge in [-0.25, -0.2) is 4.39 Å². The maximum absolute atomic E-state index is 13.7. The summed E-state index contributed by atoms with van der Waals surface area (Å²) in [6.45, 7) is 2.03. The van der Waals surface area contributed by atoms with E-state index in [0.717, 1.165) is 5.56 Å². The van der Waals surface area contributed by atoms with Crippen LogP contribution in [0, 0.1) is 22.9 Å². The molecule has 2 aromatic carbocycles. The molecule has 0 saturated heterocycles. The lowest BCUT2D eigenvalue weighted by atomic mass is 10.1. The molecule has 0 atom stereocenters. The van der Waals surface area contributed by atoms with Crippen LogP contribution in [0.15, 0.2) is 36.4 Å². The third-order valence-electron chi connectivity index (χ3n) is 3.14. The standard InChI is InChI=1S/C15H13ClFNO2.C2H6N2O3/c1-9-5-6-13(10(7-9)8-14(19)20)18-15-11(16)3-2-4-12(15)17;3-1-2-7-4(5)6/h2-7,18H,8H2,1H3,(H,19,20);1-3H2. The lowest BCUT2D eigenvalue weighted by molar-refractivity contribution is -0.757. The monoisotopic (exact) mass is 399 g/mol. The Labute approximate surface area is 159 Å². The van der Waals surface area contributed by atoms with Crippen LogP contribution in [0.1, 0.15) is 11.1 Å². The van der Waals surface area contributed by atoms with Gasteiger partial charge in [0.25, 0.3) is 5.09 Å². The van der Waals surface area contributed by atoms with Crippen molar-refractivity contribution < 1.29 is 24.2 Å². The number of aliphatic carboxylic acids is 1. The van der Waals surface area contributed by atoms with E-state index >= 15 is 0 Å². The van der Waals surface area contributed by atoms with E-state index in [4.69, 9.17) is 22.4 Å². The maximum atomic E-state index is 13.7. The van der Waals surface area contributed by atoms with Gasteiger partial charge >= 0.3 is 5.97 Å². The van der Waals surface area contributed by atoms with Crippen LogP contribution in [-0.4, -0.2) is 29.3 Å². The van der Waals surface area contributed by atoms with Crippen molar-refractivity contribution in [1.82, 2.24) is 0 Å². The highest BCUT2D eigenvalue weighted by Crippen LogP contribution is 2.30. The zero-order valence-corrected chi connectivity index (χ0v) is 15.2. The molecule has 0 aromatic heterocycles. The first-order valence-electron chi connectivity index (χ1n) is 7.74. The number of nitrogens with zero attached hydrogens (tertiary/aromatic N) is 1. The molecule has 0 radical (unpaired) electrons. The van der Waals surface area contributed by atoms with E-state index < -0.39 is 16.9 Å². The summed E-state index contributed by atoms with van der Waals surface area (Å²) in [4.78, 5) is 24.0. The molecular weight excluding hydrogens is 381 g/mol. The molecule has 8 nitrogen and oxygen atoms in total. The van der Waals surface area contributed by atoms with E-state index in [2.05, 4.69) is 10.2 Å². The normalized spacial score (nSPS) is 9.78. The number of nitrogens with two attached hydrogens (primary N) is 1. The highest BCUT2D eigenvalue weighted by Gasteiger charge is 2.11. The molecule has 0 heterocycles. The molecule has 2 rings (SSSR count). The van der Waals surface area contributed by atoms with Gasteiger partial charge in [-0.3, -0.25) is 4.79 Å². The van der Waals surface area contributed by atoms with Gasteiger partial charge in [-0.2, -0.15) is 0 Å². The highest BCUT2D eigenvalue weighted by molar-refractivity contribution is 6.33. The first-order valence-corrected chi connectivity index (χ1v) is 8.12. The predicted octanol–water partition coefficient (Wildman–Crippen LogP) is 3.31. The van der Waals surface area contributed by atoms with Crippen molar-refractivity contribution >= 4 is 28.9 Å². The average Bonchev–Trinajstić information content (AvgIpc) is 2.58. The van der Waals surface area contributed by atoms with Gasteiger partial charge in [0.15, 0.2) is 0 Å². The van der Waals surface area contributed by atoms with Crippen LogP contribution < -0.4 is 11.1 Å². The summed E-state index contributed by atoms with van der Waals surface area (Å²) in [6.07, 6.45) is -0.143. The summed E-state index contributed by atoms with van der Waals surface area (Å²) in [6, 6.07) is 9.66. The summed E-state index contributed by atoms with van der Waals surface area (Å²) in [5.41, 5.74) is 7.04. The van der Waals surface area contributed by atoms with E-state index in [1.54, 1.807) is 18.2 Å². The SMILES string of the molecule is Cc1ccc(Nc2c(F)cccc2Cl)c(CC(=O)O)c1.NCCO[N+](=O)[O-]. The van der Waals surface area contributed by atoms with Gasteiger partial charge in [-0.1, -0.05) is 35.4 Å². The minimum Gasteiger partial charge on any atom is -0.481 e. The van der Waals surface area contributed by atoms with Crippen molar-refractivity contribution in [3.8, 4) is 0 Å². The van der Waals surface area contributed by atoms with Gasteiger partial charge in [0, 0.05) is 12.2 Å². The molecule has 146 valence electrons. The van der Waals surface area contributed by atoms with E-state index in [1.807, 2.05) is 13.0 Å². The number of para-hydroxylation sites is 1. The third-order valence-corrected chi connectivity index (χ3v) is 3.45. The van der Waals surface area contributed by atoms with Crippen LogP contribution in [-0.2, 0) is 16.1 Å². The van der Waals surface area contributed by atoms with E-state index in [1.165, 1.54) is 12.1 Å². The number of carbonyl (C=O) groups is 1. The fraction of sp³-hybridized carbons (Fsp3) is 0.235. The summed E-state index contributed by atoms with van der Waals surface area (Å²) in [5.74, 6) is -1.43. The Morgan fingerprint density at radius 1 is 1.41 bits per heavy atom. The number of rotatable bonds is 7. The Morgan fingerprint density at radius 2 is 2.11 bits per heavy atom. The van der Waals surface area contributed by atoms with Gasteiger partial charge in [-0.05, 0) is 30.7 Å². The number of halogens is 2. The lowest BCUT2D eigenvalue weighted by Crippen LogP contribution is -2.11. The van der Waals surface area contributed by atoms with Crippen LogP contribution in [0.5, 0.6) is 0 Å². The first kappa shape index (κ1) is 22.1. The van der Waals surface area contributed by atoms with Crippen molar-refractivity contribution in [2.45, 2.75) is 13.3 Å². The largest absolute Gasteiger partial charge is 0.481 e. The van der Waals surface area contributed by atoms with Crippen LogP contribution in [0.4, 0.5) is 15.8 Å². The van der Waals surface area contributed by atoms with Gasteiger partial charge in [-0.15, -0.1) is 10.1 Å². The molecule has 0 unspecified atom stereocenters. The second-order valence-corrected chi connectivity index (χ2v) is 5.71. The zero-order valence-electron chi connectivity index (χ0n) is 14.4. The van der Waals surface area contributed by atoms with Crippen molar-refractivity contribution in [2.24, 2.45) is 5.73 Å². The topological polar surface area (TPSA) is 128 Å². The Morgan fingerprint density at radius 3 is 2.63 bits per heavy atom. The number of carboxylic acids is 1. The fourth-order valence-electron chi connectivity index (χ4n) is 2.03. The van der Waals surface area contributed by atoms with Crippen LogP contribution in [0.2, 0.25) is 5.02 Å². The molecule has 10 heteroatoms. The molecule has 0 fully saturated rings. The quantitative estimate of drug-likeness (QED) is 0.481. The van der Waals surface area contributed by atoms with E-state index in [9.17, 15) is 19.3 Å². The molecule has 0 saturated carbocycles. The van der Waals surface area contributed by atoms with Crippen molar-refractivity contribution in [2.75, 3.05) is 18.5 Å². The fourth-order valence-corrected chi connectivity index (χ4v) is 2.24. The number of hydrogen-bond donors (Lipinski definition) is 3. The van der Waals surface area contributed by atoms with Crippen LogP contribution >= 0.6 is 11.6 Å². The number of aryl methyl sites for hydroxylation is 1. The van der Waals surface area contributed by atoms with Crippen LogP contribution in [0.3, 0.4) is 0 Å². The minimum atomic E-state index is -0.946. The molecule has 0 aliphatic rings. The molecule has 4 N–H and O–H groups in total. The molecule has 0 amide bonds. The summed E-state index contributed by atoms with van der Waals surface area (Å²) in [5, 5.41) is 20.5. The highest BCUT2D eigenvalue weighted by atomic mass is 35.5. The first-order chi connectivity index (χ1) is 12.7. The Kier molecular flexibility index (Phi) is 8.97. The lowest BCUT2D eigenvalue weighted by Gasteiger charge is -2.13. The van der Waals surface area contributed by atoms with Crippen molar-refractivity contribution in [3.63, 3.8) is 0 Å². The molecule has 0 aliphatic heterocycles. The molecule has 0 bridgehead atoms. The summed E-state index contributed by atoms with van der Waals surface area (Å²) < 4.78 is 13.7. The second-order valence-electron chi connectivity index (χ2n) is 5.30. The third kappa shape index (κ3) is 7.89. The van der Waals surface area contributed by atoms with Gasteiger partial charge in [0.05, 0.1) is 17.1 Å². The second kappa shape index (κ2) is 10.9. The number of nitrogens with one attached hydrogen (secondary N) is 1. The maximum Gasteiger partial charge on any atom is 0.307 e. The molecule has 0 spiro atoms. The van der Waals surface area contributed by atoms with Crippen LogP contribution in [0.25, 0.3) is 0 Å². The minimum absolute atomic E-state index is 0.0208. The number of hydrogen-bond acceptors (Lipinski definition) is 6. The van der Waals surface area contributed by atoms with Crippen molar-refractivity contribution in [1.29, 1.82) is 0 Å². The van der Waals surface area contributed by atoms with Gasteiger partial charge in [0.2, 0.25) is 0 Å². The Balaban J connectivity index is 0.000000445.